The Morgan fingerprint density at radius 3 is 2.95 bits per heavy atom. The van der Waals surface area contributed by atoms with Gasteiger partial charge < -0.3 is 0 Å². The highest BCUT2D eigenvalue weighted by Gasteiger charge is 2.30. The summed E-state index contributed by atoms with van der Waals surface area (Å²) < 4.78 is 0. The first kappa shape index (κ1) is 14.3. The zero-order chi connectivity index (χ0) is 15.4. The fourth-order valence-corrected chi connectivity index (χ4v) is 1.62. The van der Waals surface area contributed by atoms with Crippen LogP contribution in [0.2, 0.25) is 0 Å². The number of carbonyl (C=O) groups is 2. The molecule has 1 aromatic rings. The first-order chi connectivity index (χ1) is 9.99. The zero-order valence-electron chi connectivity index (χ0n) is 10.9. The van der Waals surface area contributed by atoms with Gasteiger partial charge in [0.1, 0.15) is 5.71 Å². The van der Waals surface area contributed by atoms with Crippen LogP contribution in [-0.2, 0) is 9.59 Å². The molecule has 2 N–H and O–H groups in total. The third-order valence-electron chi connectivity index (χ3n) is 2.78. The Morgan fingerprint density at radius 2 is 2.33 bits per heavy atom. The maximum Gasteiger partial charge on any atom is 0.288 e. The molecule has 0 saturated carbocycles. The highest BCUT2D eigenvalue weighted by molar-refractivity contribution is 6.44. The van der Waals surface area contributed by atoms with Crippen LogP contribution in [0.15, 0.2) is 34.5 Å². The van der Waals surface area contributed by atoms with E-state index in [1.165, 1.54) is 24.4 Å². The van der Waals surface area contributed by atoms with E-state index in [0.717, 1.165) is 0 Å². The van der Waals surface area contributed by atoms with E-state index in [4.69, 9.17) is 0 Å². The Labute approximate surface area is 118 Å². The van der Waals surface area contributed by atoms with Gasteiger partial charge in [0.05, 0.1) is 17.1 Å². The van der Waals surface area contributed by atoms with E-state index in [2.05, 4.69) is 21.1 Å². The maximum absolute atomic E-state index is 11.7. The van der Waals surface area contributed by atoms with Crippen LogP contribution in [0.25, 0.3) is 0 Å². The molecule has 21 heavy (non-hydrogen) atoms. The van der Waals surface area contributed by atoms with Crippen molar-refractivity contribution in [2.75, 3.05) is 0 Å². The molecule has 1 heterocycles. The predicted octanol–water partition coefficient (Wildman–Crippen LogP) is 0.167. The van der Waals surface area contributed by atoms with Crippen molar-refractivity contribution >= 4 is 29.4 Å². The lowest BCUT2D eigenvalue weighted by Gasteiger charge is -2.01. The maximum atomic E-state index is 11.7. The first-order valence-corrected chi connectivity index (χ1v) is 5.94. The molecule has 1 unspecified atom stereocenters. The molecular weight excluding hydrogens is 278 g/mol. The van der Waals surface area contributed by atoms with Gasteiger partial charge in [-0.2, -0.15) is 10.2 Å². The monoisotopic (exact) mass is 289 g/mol. The molecule has 0 radical (unpaired) electrons. The smallest absolute Gasteiger partial charge is 0.272 e. The average molecular weight is 289 g/mol. The number of nitrogens with one attached hydrogen (secondary N) is 2. The molecule has 108 valence electrons. The Balaban J connectivity index is 2.00. The number of carbonyl (C=O) groups excluding carboxylic acids is 2. The van der Waals surface area contributed by atoms with Crippen molar-refractivity contribution < 1.29 is 14.5 Å². The van der Waals surface area contributed by atoms with Crippen LogP contribution in [0.4, 0.5) is 5.69 Å². The largest absolute Gasteiger partial charge is 0.288 e. The summed E-state index contributed by atoms with van der Waals surface area (Å²) in [7, 11) is 0. The third-order valence-corrected chi connectivity index (χ3v) is 2.78. The van der Waals surface area contributed by atoms with E-state index in [0.29, 0.717) is 5.56 Å². The van der Waals surface area contributed by atoms with Crippen LogP contribution >= 0.6 is 0 Å². The molecule has 0 bridgehead atoms. The lowest BCUT2D eigenvalue weighted by molar-refractivity contribution is -0.384. The number of non-ortho nitro benzene ring substituents is 1. The highest BCUT2D eigenvalue weighted by Crippen LogP contribution is 2.11. The number of nitro groups is 1. The molecule has 0 aromatic heterocycles. The van der Waals surface area contributed by atoms with E-state index in [1.54, 1.807) is 13.0 Å². The van der Waals surface area contributed by atoms with Crippen molar-refractivity contribution in [2.24, 2.45) is 16.1 Å². The molecule has 0 aliphatic carbocycles. The minimum absolute atomic E-state index is 0.0381. The molecule has 2 amide bonds. The summed E-state index contributed by atoms with van der Waals surface area (Å²) in [5.41, 5.74) is 4.82. The lowest BCUT2D eigenvalue weighted by Crippen LogP contribution is -2.32. The fraction of sp³-hybridized carbons (Fsp3) is 0.167. The van der Waals surface area contributed by atoms with Gasteiger partial charge in [0.25, 0.3) is 11.6 Å². The molecule has 1 atom stereocenters. The Kier molecular flexibility index (Phi) is 4.02. The van der Waals surface area contributed by atoms with Crippen LogP contribution in [0.1, 0.15) is 12.5 Å². The Hall–Kier alpha value is -3.10. The van der Waals surface area contributed by atoms with Crippen molar-refractivity contribution in [2.45, 2.75) is 6.92 Å². The van der Waals surface area contributed by atoms with E-state index < -0.39 is 16.7 Å². The fourth-order valence-electron chi connectivity index (χ4n) is 1.62. The predicted molar refractivity (Wildman–Crippen MR) is 73.6 cm³/mol. The molecule has 1 aliphatic rings. The molecule has 1 aromatic carbocycles. The van der Waals surface area contributed by atoms with E-state index >= 15 is 0 Å². The summed E-state index contributed by atoms with van der Waals surface area (Å²) in [4.78, 5) is 33.0. The van der Waals surface area contributed by atoms with Gasteiger partial charge in [0.15, 0.2) is 0 Å². The Morgan fingerprint density at radius 1 is 1.57 bits per heavy atom. The molecule has 0 spiro atoms. The number of benzene rings is 1. The minimum Gasteiger partial charge on any atom is -0.272 e. The van der Waals surface area contributed by atoms with Crippen molar-refractivity contribution in [3.8, 4) is 0 Å². The minimum atomic E-state index is -0.641. The summed E-state index contributed by atoms with van der Waals surface area (Å²) in [5.74, 6) is -1.61. The van der Waals surface area contributed by atoms with Gasteiger partial charge in [-0.25, -0.2) is 10.9 Å². The van der Waals surface area contributed by atoms with Gasteiger partial charge in [-0.1, -0.05) is 12.1 Å². The quantitative estimate of drug-likeness (QED) is 0.465. The SMILES string of the molecule is CC1C(=O)NN=C1C(=O)N/N=C/c1cccc([N+](=O)[O-])c1. The molecule has 9 heteroatoms. The van der Waals surface area contributed by atoms with Gasteiger partial charge in [-0.15, -0.1) is 0 Å². The van der Waals surface area contributed by atoms with Crippen molar-refractivity contribution in [3.63, 3.8) is 0 Å². The number of rotatable bonds is 4. The molecule has 2 rings (SSSR count). The average Bonchev–Trinajstić information content (AvgIpc) is 2.79. The third kappa shape index (κ3) is 3.26. The topological polar surface area (TPSA) is 126 Å². The molecular formula is C12H11N5O4. The lowest BCUT2D eigenvalue weighted by atomic mass is 10.1. The number of amides is 2. The standard InChI is InChI=1S/C12H11N5O4/c1-7-10(14-16-11(7)18)12(19)15-13-6-8-3-2-4-9(5-8)17(20)21/h2-7H,1H3,(H,15,19)(H,16,18)/b13-6+. The van der Waals surface area contributed by atoms with Crippen LogP contribution in [-0.4, -0.2) is 28.7 Å². The van der Waals surface area contributed by atoms with E-state index in [1.807, 2.05) is 0 Å². The molecule has 0 saturated heterocycles. The second-order valence-corrected chi connectivity index (χ2v) is 4.25. The highest BCUT2D eigenvalue weighted by atomic mass is 16.6. The molecule has 0 fully saturated rings. The van der Waals surface area contributed by atoms with Crippen LogP contribution in [0, 0.1) is 16.0 Å². The molecule has 1 aliphatic heterocycles. The van der Waals surface area contributed by atoms with Gasteiger partial charge in [0, 0.05) is 17.7 Å². The second kappa shape index (κ2) is 5.90. The first-order valence-electron chi connectivity index (χ1n) is 5.94. The van der Waals surface area contributed by atoms with Crippen LogP contribution in [0.3, 0.4) is 0 Å². The van der Waals surface area contributed by atoms with Crippen LogP contribution < -0.4 is 10.9 Å². The van der Waals surface area contributed by atoms with E-state index in [-0.39, 0.29) is 17.3 Å². The number of hydrazone groups is 2. The van der Waals surface area contributed by atoms with Gasteiger partial charge in [0.2, 0.25) is 5.91 Å². The normalized spacial score (nSPS) is 17.5. The number of nitro benzene ring substituents is 1. The summed E-state index contributed by atoms with van der Waals surface area (Å²) in [6.07, 6.45) is 1.26. The number of hydrogen-bond acceptors (Lipinski definition) is 6. The van der Waals surface area contributed by atoms with Gasteiger partial charge >= 0.3 is 0 Å². The van der Waals surface area contributed by atoms with Crippen LogP contribution in [0.5, 0.6) is 0 Å². The molecule has 9 nitrogen and oxygen atoms in total. The van der Waals surface area contributed by atoms with Gasteiger partial charge in [-0.05, 0) is 6.92 Å². The Bertz CT molecular complexity index is 667. The zero-order valence-corrected chi connectivity index (χ0v) is 10.9. The van der Waals surface area contributed by atoms with Crippen molar-refractivity contribution in [1.29, 1.82) is 0 Å². The van der Waals surface area contributed by atoms with Gasteiger partial charge in [-0.3, -0.25) is 19.7 Å². The number of hydrogen-bond donors (Lipinski definition) is 2. The summed E-state index contributed by atoms with van der Waals surface area (Å²) in [5, 5.41) is 17.9. The second-order valence-electron chi connectivity index (χ2n) is 4.25. The van der Waals surface area contributed by atoms with E-state index in [9.17, 15) is 19.7 Å². The number of nitrogens with zero attached hydrogens (tertiary/aromatic N) is 3. The van der Waals surface area contributed by atoms with Crippen molar-refractivity contribution in [1.82, 2.24) is 10.9 Å². The summed E-state index contributed by atoms with van der Waals surface area (Å²) in [6, 6.07) is 5.77. The summed E-state index contributed by atoms with van der Waals surface area (Å²) in [6.45, 7) is 1.55. The van der Waals surface area contributed by atoms with Crippen molar-refractivity contribution in [3.05, 3.63) is 39.9 Å². The summed E-state index contributed by atoms with van der Waals surface area (Å²) >= 11 is 0.